The lowest BCUT2D eigenvalue weighted by Crippen LogP contribution is -2.18. The number of imidazole rings is 1. The van der Waals surface area contributed by atoms with Crippen LogP contribution < -0.4 is 0 Å². The maximum Gasteiger partial charge on any atom is 0.0959 e. The molecule has 3 aromatic rings. The van der Waals surface area contributed by atoms with Gasteiger partial charge < -0.3 is 9.67 Å². The van der Waals surface area contributed by atoms with Crippen molar-refractivity contribution in [2.75, 3.05) is 0 Å². The second kappa shape index (κ2) is 5.20. The van der Waals surface area contributed by atoms with E-state index in [4.69, 9.17) is 0 Å². The summed E-state index contributed by atoms with van der Waals surface area (Å²) in [4.78, 5) is 8.54. The molecule has 1 N–H and O–H groups in total. The van der Waals surface area contributed by atoms with Crippen LogP contribution in [0, 0.1) is 0 Å². The summed E-state index contributed by atoms with van der Waals surface area (Å²) < 4.78 is 1.98. The normalized spacial score (nSPS) is 12.7. The summed E-state index contributed by atoms with van der Waals surface area (Å²) in [7, 11) is 0. The minimum atomic E-state index is -0.465. The zero-order valence-corrected chi connectivity index (χ0v) is 10.5. The average Bonchev–Trinajstić information content (AvgIpc) is 2.83. The Kier molecular flexibility index (Phi) is 3.25. The molecule has 0 saturated heterocycles. The second-order valence-corrected chi connectivity index (χ2v) is 4.56. The molecule has 19 heavy (non-hydrogen) atoms. The predicted octanol–water partition coefficient (Wildman–Crippen LogP) is 2.03. The van der Waals surface area contributed by atoms with E-state index in [1.54, 1.807) is 12.5 Å². The number of hydrogen-bond acceptors (Lipinski definition) is 3. The molecular weight excluding hydrogens is 238 g/mol. The third-order valence-corrected chi connectivity index (χ3v) is 3.11. The molecule has 0 fully saturated rings. The topological polar surface area (TPSA) is 50.9 Å². The fourth-order valence-electron chi connectivity index (χ4n) is 2.21. The number of aliphatic hydroxyl groups is 1. The highest BCUT2D eigenvalue weighted by molar-refractivity contribution is 5.74. The third kappa shape index (κ3) is 2.63. The van der Waals surface area contributed by atoms with Crippen molar-refractivity contribution in [2.45, 2.75) is 19.1 Å². The lowest BCUT2D eigenvalue weighted by molar-refractivity contribution is 0.154. The summed E-state index contributed by atoms with van der Waals surface area (Å²) in [6, 6.07) is 13.7. The lowest BCUT2D eigenvalue weighted by Gasteiger charge is -2.11. The highest BCUT2D eigenvalue weighted by Gasteiger charge is 2.09. The molecule has 0 aliphatic heterocycles. The third-order valence-electron chi connectivity index (χ3n) is 3.11. The van der Waals surface area contributed by atoms with Gasteiger partial charge in [-0.15, -0.1) is 0 Å². The number of hydrogen-bond donors (Lipinski definition) is 1. The minimum Gasteiger partial charge on any atom is -0.391 e. The van der Waals surface area contributed by atoms with Crippen LogP contribution in [0.4, 0.5) is 0 Å². The Balaban J connectivity index is 1.74. The van der Waals surface area contributed by atoms with Gasteiger partial charge >= 0.3 is 0 Å². The number of aliphatic hydroxyl groups excluding tert-OH is 1. The summed E-state index contributed by atoms with van der Waals surface area (Å²) in [5.41, 5.74) is 2.90. The highest BCUT2D eigenvalue weighted by Crippen LogP contribution is 2.13. The van der Waals surface area contributed by atoms with Crippen LogP contribution in [0.1, 0.15) is 5.69 Å². The SMILES string of the molecule is OC(Cc1ccccn1)Cn1cnc2ccccc21. The molecule has 4 nitrogen and oxygen atoms in total. The molecule has 1 aromatic carbocycles. The molecule has 0 aliphatic rings. The molecule has 1 unspecified atom stereocenters. The molecule has 0 spiro atoms. The van der Waals surface area contributed by atoms with Crippen molar-refractivity contribution < 1.29 is 5.11 Å². The van der Waals surface area contributed by atoms with Crippen molar-refractivity contribution in [3.63, 3.8) is 0 Å². The zero-order valence-electron chi connectivity index (χ0n) is 10.5. The molecule has 4 heteroatoms. The van der Waals surface area contributed by atoms with Crippen LogP contribution in [0.5, 0.6) is 0 Å². The molecule has 2 aromatic heterocycles. The summed E-state index contributed by atoms with van der Waals surface area (Å²) in [6.07, 6.45) is 3.60. The van der Waals surface area contributed by atoms with Crippen LogP contribution in [-0.2, 0) is 13.0 Å². The van der Waals surface area contributed by atoms with Gasteiger partial charge in [0.1, 0.15) is 0 Å². The standard InChI is InChI=1S/C15H15N3O/c19-13(9-12-5-3-4-8-16-12)10-18-11-17-14-6-1-2-7-15(14)18/h1-8,11,13,19H,9-10H2. The van der Waals surface area contributed by atoms with E-state index in [0.717, 1.165) is 16.7 Å². The van der Waals surface area contributed by atoms with Gasteiger partial charge in [-0.05, 0) is 24.3 Å². The lowest BCUT2D eigenvalue weighted by atomic mass is 10.2. The summed E-state index contributed by atoms with van der Waals surface area (Å²) >= 11 is 0. The Labute approximate surface area is 111 Å². The highest BCUT2D eigenvalue weighted by atomic mass is 16.3. The van der Waals surface area contributed by atoms with Gasteiger partial charge in [0.15, 0.2) is 0 Å². The fraction of sp³-hybridized carbons (Fsp3) is 0.200. The van der Waals surface area contributed by atoms with Crippen molar-refractivity contribution in [3.8, 4) is 0 Å². The summed E-state index contributed by atoms with van der Waals surface area (Å²) in [6.45, 7) is 0.525. The van der Waals surface area contributed by atoms with Gasteiger partial charge in [0.05, 0.1) is 30.0 Å². The van der Waals surface area contributed by atoms with Crippen LogP contribution in [0.3, 0.4) is 0 Å². The molecule has 0 aliphatic carbocycles. The number of rotatable bonds is 4. The average molecular weight is 253 g/mol. The first kappa shape index (κ1) is 11.9. The number of para-hydroxylation sites is 2. The van der Waals surface area contributed by atoms with E-state index in [9.17, 15) is 5.11 Å². The Bertz CT molecular complexity index is 663. The maximum absolute atomic E-state index is 10.1. The second-order valence-electron chi connectivity index (χ2n) is 4.56. The van der Waals surface area contributed by atoms with E-state index >= 15 is 0 Å². The van der Waals surface area contributed by atoms with E-state index in [1.807, 2.05) is 47.0 Å². The van der Waals surface area contributed by atoms with Gasteiger partial charge in [-0.3, -0.25) is 4.98 Å². The maximum atomic E-state index is 10.1. The van der Waals surface area contributed by atoms with Crippen LogP contribution >= 0.6 is 0 Å². The number of fused-ring (bicyclic) bond motifs is 1. The predicted molar refractivity (Wildman–Crippen MR) is 73.7 cm³/mol. The van der Waals surface area contributed by atoms with E-state index in [-0.39, 0.29) is 0 Å². The minimum absolute atomic E-state index is 0.465. The van der Waals surface area contributed by atoms with Crippen molar-refractivity contribution in [1.29, 1.82) is 0 Å². The van der Waals surface area contributed by atoms with Crippen LogP contribution in [0.15, 0.2) is 55.0 Å². The van der Waals surface area contributed by atoms with E-state index in [1.165, 1.54) is 0 Å². The van der Waals surface area contributed by atoms with E-state index in [2.05, 4.69) is 9.97 Å². The van der Waals surface area contributed by atoms with Gasteiger partial charge in [0.2, 0.25) is 0 Å². The molecule has 0 radical (unpaired) electrons. The van der Waals surface area contributed by atoms with Crippen molar-refractivity contribution in [3.05, 3.63) is 60.7 Å². The summed E-state index contributed by atoms with van der Waals surface area (Å²) in [5, 5.41) is 10.1. The first-order valence-corrected chi connectivity index (χ1v) is 6.31. The molecule has 1 atom stereocenters. The molecule has 0 bridgehead atoms. The van der Waals surface area contributed by atoms with Crippen LogP contribution in [-0.4, -0.2) is 25.7 Å². The first-order valence-electron chi connectivity index (χ1n) is 6.31. The van der Waals surface area contributed by atoms with Crippen molar-refractivity contribution in [2.24, 2.45) is 0 Å². The van der Waals surface area contributed by atoms with Crippen LogP contribution in [0.25, 0.3) is 11.0 Å². The number of pyridine rings is 1. The number of aromatic nitrogens is 3. The monoisotopic (exact) mass is 253 g/mol. The molecule has 96 valence electrons. The fourth-order valence-corrected chi connectivity index (χ4v) is 2.21. The Hall–Kier alpha value is -2.20. The van der Waals surface area contributed by atoms with Crippen molar-refractivity contribution >= 4 is 11.0 Å². The molecule has 0 saturated carbocycles. The van der Waals surface area contributed by atoms with Gasteiger partial charge in [0, 0.05) is 18.3 Å². The first-order chi connectivity index (χ1) is 9.33. The van der Waals surface area contributed by atoms with Crippen LogP contribution in [0.2, 0.25) is 0 Å². The Morgan fingerprint density at radius 2 is 1.89 bits per heavy atom. The van der Waals surface area contributed by atoms with E-state index < -0.39 is 6.10 Å². The van der Waals surface area contributed by atoms with Gasteiger partial charge in [0.25, 0.3) is 0 Å². The molecule has 3 rings (SSSR count). The molecular formula is C15H15N3O. The largest absolute Gasteiger partial charge is 0.391 e. The summed E-state index contributed by atoms with van der Waals surface area (Å²) in [5.74, 6) is 0. The zero-order chi connectivity index (χ0) is 13.1. The number of benzene rings is 1. The van der Waals surface area contributed by atoms with Gasteiger partial charge in [-0.2, -0.15) is 0 Å². The van der Waals surface area contributed by atoms with Gasteiger partial charge in [-0.1, -0.05) is 18.2 Å². The Morgan fingerprint density at radius 3 is 2.74 bits per heavy atom. The quantitative estimate of drug-likeness (QED) is 0.774. The van der Waals surface area contributed by atoms with Gasteiger partial charge in [-0.25, -0.2) is 4.98 Å². The van der Waals surface area contributed by atoms with Crippen molar-refractivity contribution in [1.82, 2.24) is 14.5 Å². The number of nitrogens with zero attached hydrogens (tertiary/aromatic N) is 3. The molecule has 0 amide bonds. The Morgan fingerprint density at radius 1 is 1.05 bits per heavy atom. The van der Waals surface area contributed by atoms with E-state index in [0.29, 0.717) is 13.0 Å². The smallest absolute Gasteiger partial charge is 0.0959 e. The molecule has 2 heterocycles.